The number of halogens is 1. The molecule has 0 aromatic heterocycles. The second-order valence-electron chi connectivity index (χ2n) is 5.46. The Balaban J connectivity index is 1.72. The molecule has 130 valence electrons. The van der Waals surface area contributed by atoms with Crippen LogP contribution in [0.1, 0.15) is 11.1 Å². The summed E-state index contributed by atoms with van der Waals surface area (Å²) >= 11 is 0.884. The Bertz CT molecular complexity index is 898. The van der Waals surface area contributed by atoms with Gasteiger partial charge in [0.15, 0.2) is 0 Å². The predicted octanol–water partition coefficient (Wildman–Crippen LogP) is 4.07. The fourth-order valence-corrected chi connectivity index (χ4v) is 3.18. The average Bonchev–Trinajstić information content (AvgIpc) is 2.90. The van der Waals surface area contributed by atoms with Crippen molar-refractivity contribution in [1.29, 1.82) is 0 Å². The summed E-state index contributed by atoms with van der Waals surface area (Å²) in [7, 11) is 0. The van der Waals surface area contributed by atoms with Crippen LogP contribution < -0.4 is 4.74 Å². The largest absolute Gasteiger partial charge is 0.481 e. The van der Waals surface area contributed by atoms with E-state index in [4.69, 9.17) is 11.2 Å². The second kappa shape index (κ2) is 7.89. The van der Waals surface area contributed by atoms with E-state index in [1.54, 1.807) is 42.5 Å². The van der Waals surface area contributed by atoms with E-state index in [9.17, 15) is 14.0 Å². The summed E-state index contributed by atoms with van der Waals surface area (Å²) in [4.78, 5) is 26.1. The number of hydrogen-bond acceptors (Lipinski definition) is 4. The second-order valence-corrected chi connectivity index (χ2v) is 6.45. The van der Waals surface area contributed by atoms with Gasteiger partial charge in [-0.3, -0.25) is 14.5 Å². The molecule has 0 aliphatic carbocycles. The van der Waals surface area contributed by atoms with Gasteiger partial charge >= 0.3 is 0 Å². The molecule has 0 N–H and O–H groups in total. The van der Waals surface area contributed by atoms with Crippen LogP contribution in [-0.2, 0) is 11.3 Å². The zero-order chi connectivity index (χ0) is 18.5. The van der Waals surface area contributed by atoms with Gasteiger partial charge in [-0.1, -0.05) is 30.2 Å². The average molecular weight is 367 g/mol. The molecule has 1 aliphatic heterocycles. The number of carbonyl (C=O) groups is 2. The number of hydrogen-bond donors (Lipinski definition) is 0. The van der Waals surface area contributed by atoms with Crippen LogP contribution in [-0.4, -0.2) is 22.7 Å². The number of thioether (sulfide) groups is 1. The number of ether oxygens (including phenoxy) is 1. The Labute approximate surface area is 154 Å². The third kappa shape index (κ3) is 4.13. The normalized spacial score (nSPS) is 15.4. The molecular formula is C20H14FNO3S. The molecule has 0 radical (unpaired) electrons. The van der Waals surface area contributed by atoms with Gasteiger partial charge in [-0.2, -0.15) is 0 Å². The van der Waals surface area contributed by atoms with Crippen molar-refractivity contribution in [3.05, 3.63) is 70.4 Å². The van der Waals surface area contributed by atoms with E-state index >= 15 is 0 Å². The van der Waals surface area contributed by atoms with Crippen molar-refractivity contribution < 1.29 is 18.7 Å². The van der Waals surface area contributed by atoms with Gasteiger partial charge in [-0.05, 0) is 53.2 Å². The van der Waals surface area contributed by atoms with Crippen molar-refractivity contribution in [2.24, 2.45) is 0 Å². The highest BCUT2D eigenvalue weighted by molar-refractivity contribution is 8.18. The van der Waals surface area contributed by atoms with Gasteiger partial charge in [0.2, 0.25) is 0 Å². The van der Waals surface area contributed by atoms with Crippen LogP contribution in [0.25, 0.3) is 6.08 Å². The van der Waals surface area contributed by atoms with E-state index < -0.39 is 0 Å². The molecule has 0 saturated carbocycles. The van der Waals surface area contributed by atoms with Gasteiger partial charge in [0.25, 0.3) is 11.1 Å². The number of terminal acetylenes is 1. The first-order chi connectivity index (χ1) is 12.6. The van der Waals surface area contributed by atoms with E-state index in [2.05, 4.69) is 5.92 Å². The zero-order valence-corrected chi connectivity index (χ0v) is 14.5. The lowest BCUT2D eigenvalue weighted by molar-refractivity contribution is -0.123. The van der Waals surface area contributed by atoms with E-state index in [1.807, 2.05) is 0 Å². The molecule has 2 amide bonds. The van der Waals surface area contributed by atoms with Crippen molar-refractivity contribution in [3.8, 4) is 18.1 Å². The lowest BCUT2D eigenvalue weighted by Crippen LogP contribution is -2.27. The van der Waals surface area contributed by atoms with Gasteiger partial charge in [0.1, 0.15) is 18.2 Å². The summed E-state index contributed by atoms with van der Waals surface area (Å²) in [5.41, 5.74) is 1.45. The smallest absolute Gasteiger partial charge is 0.293 e. The molecule has 1 saturated heterocycles. The summed E-state index contributed by atoms with van der Waals surface area (Å²) in [6.45, 7) is 0.294. The molecule has 1 aliphatic rings. The molecule has 2 aromatic rings. The summed E-state index contributed by atoms with van der Waals surface area (Å²) in [6, 6.07) is 12.7. The van der Waals surface area contributed by atoms with Gasteiger partial charge in [-0.15, -0.1) is 6.42 Å². The van der Waals surface area contributed by atoms with Crippen LogP contribution in [0.5, 0.6) is 5.75 Å². The minimum Gasteiger partial charge on any atom is -0.481 e. The minimum atomic E-state index is -0.364. The number of rotatable bonds is 5. The topological polar surface area (TPSA) is 46.6 Å². The van der Waals surface area contributed by atoms with Crippen molar-refractivity contribution in [2.75, 3.05) is 6.61 Å². The van der Waals surface area contributed by atoms with Crippen LogP contribution in [0, 0.1) is 18.2 Å². The van der Waals surface area contributed by atoms with Crippen molar-refractivity contribution >= 4 is 29.0 Å². The first-order valence-electron chi connectivity index (χ1n) is 7.73. The number of benzene rings is 2. The molecule has 0 unspecified atom stereocenters. The monoisotopic (exact) mass is 367 g/mol. The van der Waals surface area contributed by atoms with Gasteiger partial charge < -0.3 is 4.74 Å². The maximum Gasteiger partial charge on any atom is 0.293 e. The Morgan fingerprint density at radius 3 is 2.46 bits per heavy atom. The first kappa shape index (κ1) is 17.8. The maximum absolute atomic E-state index is 13.0. The Kier molecular flexibility index (Phi) is 5.40. The van der Waals surface area contributed by atoms with Gasteiger partial charge in [0, 0.05) is 0 Å². The molecule has 1 heterocycles. The molecule has 4 nitrogen and oxygen atoms in total. The molecule has 0 spiro atoms. The standard InChI is InChI=1S/C20H14FNO3S/c1-2-11-25-17-9-5-14(6-10-17)12-18-19(23)22(20(24)26-18)13-15-3-7-16(21)8-4-15/h1,3-10,12H,11,13H2/b18-12+. The van der Waals surface area contributed by atoms with Crippen molar-refractivity contribution in [2.45, 2.75) is 6.54 Å². The minimum absolute atomic E-state index is 0.112. The molecule has 0 bridgehead atoms. The van der Waals surface area contributed by atoms with Crippen LogP contribution in [0.2, 0.25) is 0 Å². The first-order valence-corrected chi connectivity index (χ1v) is 8.54. The van der Waals surface area contributed by atoms with E-state index in [1.165, 1.54) is 12.1 Å². The summed E-state index contributed by atoms with van der Waals surface area (Å²) in [5, 5.41) is -0.348. The molecule has 3 rings (SSSR count). The molecule has 0 atom stereocenters. The fourth-order valence-electron chi connectivity index (χ4n) is 2.35. The SMILES string of the molecule is C#CCOc1ccc(/C=C2/SC(=O)N(Cc3ccc(F)cc3)C2=O)cc1. The van der Waals surface area contributed by atoms with Crippen LogP contribution in [0.3, 0.4) is 0 Å². The Morgan fingerprint density at radius 2 is 1.81 bits per heavy atom. The molecule has 6 heteroatoms. The van der Waals surface area contributed by atoms with Crippen molar-refractivity contribution in [1.82, 2.24) is 4.90 Å². The number of amides is 2. The quantitative estimate of drug-likeness (QED) is 0.590. The zero-order valence-electron chi connectivity index (χ0n) is 13.6. The van der Waals surface area contributed by atoms with Crippen LogP contribution in [0.4, 0.5) is 9.18 Å². The Morgan fingerprint density at radius 1 is 1.12 bits per heavy atom. The van der Waals surface area contributed by atoms with Gasteiger partial charge in [-0.25, -0.2) is 4.39 Å². The summed E-state index contributed by atoms with van der Waals surface area (Å²) in [6.07, 6.45) is 6.79. The number of carbonyl (C=O) groups excluding carboxylic acids is 2. The molecule has 26 heavy (non-hydrogen) atoms. The highest BCUT2D eigenvalue weighted by Gasteiger charge is 2.34. The Hall–Kier alpha value is -3.04. The van der Waals surface area contributed by atoms with Crippen LogP contribution in [0.15, 0.2) is 53.4 Å². The van der Waals surface area contributed by atoms with Gasteiger partial charge in [0.05, 0.1) is 11.4 Å². The third-order valence-corrected chi connectivity index (χ3v) is 4.53. The van der Waals surface area contributed by atoms with Crippen molar-refractivity contribution in [3.63, 3.8) is 0 Å². The maximum atomic E-state index is 13.0. The highest BCUT2D eigenvalue weighted by Crippen LogP contribution is 2.33. The summed E-state index contributed by atoms with van der Waals surface area (Å²) in [5.74, 6) is 2.28. The van der Waals surface area contributed by atoms with E-state index in [0.29, 0.717) is 16.2 Å². The lowest BCUT2D eigenvalue weighted by atomic mass is 10.2. The van der Waals surface area contributed by atoms with E-state index in [-0.39, 0.29) is 30.1 Å². The molecular weight excluding hydrogens is 353 g/mol. The molecule has 2 aromatic carbocycles. The van der Waals surface area contributed by atoms with Crippen LogP contribution >= 0.6 is 11.8 Å². The number of imide groups is 1. The highest BCUT2D eigenvalue weighted by atomic mass is 32.2. The number of nitrogens with zero attached hydrogens (tertiary/aromatic N) is 1. The third-order valence-electron chi connectivity index (χ3n) is 3.63. The molecule has 1 fully saturated rings. The predicted molar refractivity (Wildman–Crippen MR) is 98.7 cm³/mol. The van der Waals surface area contributed by atoms with E-state index in [0.717, 1.165) is 22.2 Å². The summed E-state index contributed by atoms with van der Waals surface area (Å²) < 4.78 is 18.3. The fraction of sp³-hybridized carbons (Fsp3) is 0.100. The lowest BCUT2D eigenvalue weighted by Gasteiger charge is -2.12.